The van der Waals surface area contributed by atoms with E-state index in [1.807, 2.05) is 12.1 Å². The van der Waals surface area contributed by atoms with Gasteiger partial charge in [0.1, 0.15) is 11.9 Å². The van der Waals surface area contributed by atoms with Gasteiger partial charge in [-0.15, -0.1) is 24.0 Å². The zero-order valence-corrected chi connectivity index (χ0v) is 19.6. The molecule has 2 aliphatic heterocycles. The van der Waals surface area contributed by atoms with Crippen LogP contribution in [0.2, 0.25) is 0 Å². The maximum atomic E-state index is 13.7. The van der Waals surface area contributed by atoms with E-state index in [0.29, 0.717) is 18.9 Å². The number of hydrogen-bond donors (Lipinski definition) is 1. The molecule has 2 atom stereocenters. The lowest BCUT2D eigenvalue weighted by Gasteiger charge is -2.37. The molecule has 1 aromatic carbocycles. The zero-order chi connectivity index (χ0) is 18.9. The lowest BCUT2D eigenvalue weighted by atomic mass is 10.1. The molecule has 0 amide bonds. The van der Waals surface area contributed by atoms with Gasteiger partial charge < -0.3 is 19.7 Å². The minimum Gasteiger partial charge on any atom is -0.375 e. The highest BCUT2D eigenvalue weighted by atomic mass is 127. The predicted molar refractivity (Wildman–Crippen MR) is 124 cm³/mol. The van der Waals surface area contributed by atoms with Crippen molar-refractivity contribution < 1.29 is 13.9 Å². The molecule has 2 aliphatic rings. The molecular formula is C20H31FIN3O2S. The summed E-state index contributed by atoms with van der Waals surface area (Å²) in [7, 11) is 0. The Morgan fingerprint density at radius 2 is 2.11 bits per heavy atom. The van der Waals surface area contributed by atoms with Crippen LogP contribution in [0.1, 0.15) is 25.3 Å². The lowest BCUT2D eigenvalue weighted by molar-refractivity contribution is -0.0816. The summed E-state index contributed by atoms with van der Waals surface area (Å²) < 4.78 is 25.4. The third-order valence-corrected chi connectivity index (χ3v) is 5.81. The van der Waals surface area contributed by atoms with Crippen molar-refractivity contribution in [2.45, 2.75) is 37.7 Å². The number of nitrogens with zero attached hydrogens (tertiary/aromatic N) is 2. The summed E-state index contributed by atoms with van der Waals surface area (Å²) in [6.45, 7) is 6.85. The number of rotatable bonds is 7. The molecule has 2 saturated heterocycles. The molecule has 0 aliphatic carbocycles. The Kier molecular flexibility index (Phi) is 10.9. The molecule has 0 spiro atoms. The number of ether oxygens (including phenoxy) is 2. The van der Waals surface area contributed by atoms with Gasteiger partial charge in [0.15, 0.2) is 5.96 Å². The van der Waals surface area contributed by atoms with Crippen LogP contribution in [-0.4, -0.2) is 68.2 Å². The molecule has 1 N–H and O–H groups in total. The van der Waals surface area contributed by atoms with E-state index in [9.17, 15) is 4.39 Å². The molecule has 3 rings (SSSR count). The van der Waals surface area contributed by atoms with Crippen molar-refractivity contribution in [2.24, 2.45) is 4.99 Å². The van der Waals surface area contributed by atoms with Crippen molar-refractivity contribution in [3.05, 3.63) is 35.6 Å². The molecule has 0 saturated carbocycles. The molecule has 28 heavy (non-hydrogen) atoms. The van der Waals surface area contributed by atoms with Gasteiger partial charge in [-0.25, -0.2) is 4.39 Å². The highest BCUT2D eigenvalue weighted by Gasteiger charge is 2.32. The first-order valence-corrected chi connectivity index (χ1v) is 11.0. The first-order chi connectivity index (χ1) is 13.3. The van der Waals surface area contributed by atoms with Crippen molar-refractivity contribution in [1.29, 1.82) is 0 Å². The van der Waals surface area contributed by atoms with E-state index < -0.39 is 0 Å². The molecule has 8 heteroatoms. The number of guanidine groups is 1. The summed E-state index contributed by atoms with van der Waals surface area (Å²) in [5.74, 6) is 2.35. The number of nitrogens with one attached hydrogen (secondary N) is 1. The fourth-order valence-corrected chi connectivity index (χ4v) is 4.25. The first kappa shape index (κ1) is 23.7. The van der Waals surface area contributed by atoms with Gasteiger partial charge in [0.2, 0.25) is 0 Å². The molecule has 1 aromatic rings. The minimum absolute atomic E-state index is 0. The van der Waals surface area contributed by atoms with E-state index in [1.165, 1.54) is 6.07 Å². The second kappa shape index (κ2) is 12.9. The van der Waals surface area contributed by atoms with E-state index in [2.05, 4.69) is 17.1 Å². The predicted octanol–water partition coefficient (Wildman–Crippen LogP) is 3.52. The van der Waals surface area contributed by atoms with Gasteiger partial charge in [-0.1, -0.05) is 18.2 Å². The van der Waals surface area contributed by atoms with Gasteiger partial charge in [-0.2, -0.15) is 11.8 Å². The minimum atomic E-state index is -0.129. The largest absolute Gasteiger partial charge is 0.375 e. The summed E-state index contributed by atoms with van der Waals surface area (Å²) in [6, 6.07) is 6.96. The van der Waals surface area contributed by atoms with Crippen LogP contribution in [0, 0.1) is 5.82 Å². The van der Waals surface area contributed by atoms with Crippen molar-refractivity contribution in [1.82, 2.24) is 10.2 Å². The van der Waals surface area contributed by atoms with E-state index in [0.717, 1.165) is 56.4 Å². The standard InChI is InChI=1S/C20H30FN3O2S.HI/c1-2-22-20(23-9-13-27-15-16-6-3-4-7-17(16)21)24-10-12-26-19(14-24)18-8-5-11-25-18;/h3-4,6-7,18-19H,2,5,8-15H2,1H3,(H,22,23);1H. The summed E-state index contributed by atoms with van der Waals surface area (Å²) in [5, 5.41) is 3.39. The van der Waals surface area contributed by atoms with Crippen LogP contribution < -0.4 is 5.32 Å². The Labute approximate surface area is 188 Å². The summed E-state index contributed by atoms with van der Waals surface area (Å²) >= 11 is 1.71. The Morgan fingerprint density at radius 1 is 1.29 bits per heavy atom. The van der Waals surface area contributed by atoms with E-state index in [1.54, 1.807) is 17.8 Å². The average molecular weight is 523 g/mol. The van der Waals surface area contributed by atoms with Crippen molar-refractivity contribution in [3.8, 4) is 0 Å². The third kappa shape index (κ3) is 7.03. The van der Waals surface area contributed by atoms with Crippen LogP contribution in [0.5, 0.6) is 0 Å². The molecule has 0 bridgehead atoms. The molecule has 158 valence electrons. The van der Waals surface area contributed by atoms with Crippen LogP contribution in [0.15, 0.2) is 29.3 Å². The first-order valence-electron chi connectivity index (χ1n) is 9.85. The molecule has 5 nitrogen and oxygen atoms in total. The Bertz CT molecular complexity index is 617. The van der Waals surface area contributed by atoms with Gasteiger partial charge in [0.25, 0.3) is 0 Å². The van der Waals surface area contributed by atoms with E-state index >= 15 is 0 Å². The monoisotopic (exact) mass is 523 g/mol. The fourth-order valence-electron chi connectivity index (χ4n) is 3.43. The van der Waals surface area contributed by atoms with Gasteiger partial charge >= 0.3 is 0 Å². The highest BCUT2D eigenvalue weighted by Crippen LogP contribution is 2.21. The van der Waals surface area contributed by atoms with Crippen LogP contribution >= 0.6 is 35.7 Å². The van der Waals surface area contributed by atoms with Gasteiger partial charge in [0, 0.05) is 37.7 Å². The van der Waals surface area contributed by atoms with Crippen LogP contribution in [0.25, 0.3) is 0 Å². The van der Waals surface area contributed by atoms with Gasteiger partial charge in [-0.3, -0.25) is 4.99 Å². The summed E-state index contributed by atoms with van der Waals surface area (Å²) in [6.07, 6.45) is 2.55. The van der Waals surface area contributed by atoms with Crippen LogP contribution in [0.3, 0.4) is 0 Å². The quantitative estimate of drug-likeness (QED) is 0.257. The molecule has 2 heterocycles. The number of thioether (sulfide) groups is 1. The fraction of sp³-hybridized carbons (Fsp3) is 0.650. The molecule has 0 radical (unpaired) electrons. The van der Waals surface area contributed by atoms with Crippen molar-refractivity contribution in [3.63, 3.8) is 0 Å². The number of benzene rings is 1. The highest BCUT2D eigenvalue weighted by molar-refractivity contribution is 14.0. The topological polar surface area (TPSA) is 46.1 Å². The van der Waals surface area contributed by atoms with Crippen LogP contribution in [-0.2, 0) is 15.2 Å². The maximum absolute atomic E-state index is 13.7. The number of morpholine rings is 1. The lowest BCUT2D eigenvalue weighted by Crippen LogP contribution is -2.53. The number of hydrogen-bond acceptors (Lipinski definition) is 4. The normalized spacial score (nSPS) is 22.8. The smallest absolute Gasteiger partial charge is 0.194 e. The molecular weight excluding hydrogens is 492 g/mol. The second-order valence-electron chi connectivity index (χ2n) is 6.79. The van der Waals surface area contributed by atoms with E-state index in [4.69, 9.17) is 14.5 Å². The van der Waals surface area contributed by atoms with Gasteiger partial charge in [-0.05, 0) is 31.4 Å². The Balaban J connectivity index is 0.00000280. The second-order valence-corrected chi connectivity index (χ2v) is 7.89. The summed E-state index contributed by atoms with van der Waals surface area (Å²) in [4.78, 5) is 7.05. The van der Waals surface area contributed by atoms with Crippen LogP contribution in [0.4, 0.5) is 4.39 Å². The number of halogens is 2. The van der Waals surface area contributed by atoms with E-state index in [-0.39, 0.29) is 42.0 Å². The van der Waals surface area contributed by atoms with Crippen molar-refractivity contribution >= 4 is 41.7 Å². The maximum Gasteiger partial charge on any atom is 0.194 e. The Morgan fingerprint density at radius 3 is 2.86 bits per heavy atom. The van der Waals surface area contributed by atoms with Gasteiger partial charge in [0.05, 0.1) is 19.3 Å². The Hall–Kier alpha value is -0.580. The molecule has 2 fully saturated rings. The average Bonchev–Trinajstić information content (AvgIpc) is 3.23. The zero-order valence-electron chi connectivity index (χ0n) is 16.4. The molecule has 2 unspecified atom stereocenters. The number of aliphatic imine (C=N–C) groups is 1. The summed E-state index contributed by atoms with van der Waals surface area (Å²) in [5.41, 5.74) is 0.756. The SMILES string of the molecule is CCNC(=NCCSCc1ccccc1F)N1CCOC(C2CCCO2)C1.I. The molecule has 0 aromatic heterocycles. The van der Waals surface area contributed by atoms with Crippen molar-refractivity contribution in [2.75, 3.05) is 45.1 Å². The third-order valence-electron chi connectivity index (χ3n) is 4.82.